The van der Waals surface area contributed by atoms with Crippen LogP contribution in [0.2, 0.25) is 0 Å². The number of hydrogen-bond acceptors (Lipinski definition) is 3. The summed E-state index contributed by atoms with van der Waals surface area (Å²) >= 11 is 0. The van der Waals surface area contributed by atoms with Crippen LogP contribution in [0.1, 0.15) is 47.3 Å². The number of carbonyl (C=O) groups is 2. The smallest absolute Gasteiger partial charge is 0.346 e. The van der Waals surface area contributed by atoms with Gasteiger partial charge in [-0.15, -0.1) is 0 Å². The Morgan fingerprint density at radius 1 is 1.09 bits per heavy atom. The number of fused-ring (bicyclic) bond motifs is 2. The molecule has 0 fully saturated rings. The Hall–Kier alpha value is -3.62. The largest absolute Gasteiger partial charge is 0.418 e. The molecule has 1 atom stereocenters. The van der Waals surface area contributed by atoms with Crippen molar-refractivity contribution in [2.45, 2.75) is 45.1 Å². The maximum Gasteiger partial charge on any atom is 0.418 e. The van der Waals surface area contributed by atoms with Crippen LogP contribution in [0.3, 0.4) is 0 Å². The minimum atomic E-state index is -4.66. The first-order valence-electron chi connectivity index (χ1n) is 10.5. The van der Waals surface area contributed by atoms with Gasteiger partial charge in [0.25, 0.3) is 5.91 Å². The monoisotopic (exact) mass is 457 g/mol. The number of aryl methyl sites for hydroxylation is 2. The number of nitrogens with zero attached hydrogens (tertiary/aromatic N) is 1. The Balaban J connectivity index is 1.84. The van der Waals surface area contributed by atoms with Gasteiger partial charge in [-0.2, -0.15) is 13.2 Å². The van der Waals surface area contributed by atoms with E-state index in [0.717, 1.165) is 23.9 Å². The number of alkyl halides is 3. The zero-order valence-electron chi connectivity index (χ0n) is 18.0. The first-order chi connectivity index (χ1) is 15.6. The highest BCUT2D eigenvalue weighted by atomic mass is 19.4. The average Bonchev–Trinajstić information content (AvgIpc) is 3.10. The van der Waals surface area contributed by atoms with Crippen LogP contribution in [0.5, 0.6) is 0 Å². The molecular formula is C24H22F3N3O3. The summed E-state index contributed by atoms with van der Waals surface area (Å²) in [5.41, 5.74) is -1.86. The van der Waals surface area contributed by atoms with Crippen LogP contribution in [0.25, 0.3) is 10.9 Å². The number of halogens is 3. The highest BCUT2D eigenvalue weighted by molar-refractivity contribution is 5.98. The number of carbonyl (C=O) groups excluding carboxylic acids is 2. The third kappa shape index (κ3) is 3.88. The van der Waals surface area contributed by atoms with E-state index in [4.69, 9.17) is 0 Å². The number of hydrogen-bond donors (Lipinski definition) is 2. The summed E-state index contributed by atoms with van der Waals surface area (Å²) in [6.45, 7) is 3.07. The Morgan fingerprint density at radius 2 is 1.82 bits per heavy atom. The second-order valence-electron chi connectivity index (χ2n) is 8.06. The molecule has 1 heterocycles. The first kappa shape index (κ1) is 22.6. The minimum Gasteiger partial charge on any atom is -0.346 e. The lowest BCUT2D eigenvalue weighted by atomic mass is 10.00. The lowest BCUT2D eigenvalue weighted by molar-refractivity contribution is -0.136. The topological polar surface area (TPSA) is 80.2 Å². The molecule has 1 aliphatic rings. The molecule has 3 aromatic rings. The number of pyridine rings is 1. The number of amides is 2. The van der Waals surface area contributed by atoms with Crippen molar-refractivity contribution >= 4 is 22.7 Å². The molecule has 0 aliphatic heterocycles. The molecule has 1 aromatic heterocycles. The Labute approximate surface area is 187 Å². The van der Waals surface area contributed by atoms with Gasteiger partial charge in [-0.3, -0.25) is 14.4 Å². The van der Waals surface area contributed by atoms with Gasteiger partial charge in [0.15, 0.2) is 0 Å². The van der Waals surface area contributed by atoms with Crippen molar-refractivity contribution in [2.75, 3.05) is 0 Å². The van der Waals surface area contributed by atoms with Crippen molar-refractivity contribution < 1.29 is 22.8 Å². The van der Waals surface area contributed by atoms with Crippen molar-refractivity contribution in [1.82, 2.24) is 15.2 Å². The third-order valence-corrected chi connectivity index (χ3v) is 5.95. The minimum absolute atomic E-state index is 0.115. The molecule has 2 N–H and O–H groups in total. The van der Waals surface area contributed by atoms with Crippen LogP contribution in [-0.4, -0.2) is 16.4 Å². The molecule has 33 heavy (non-hydrogen) atoms. The Morgan fingerprint density at radius 3 is 2.48 bits per heavy atom. The van der Waals surface area contributed by atoms with Crippen molar-refractivity contribution in [2.24, 2.45) is 0 Å². The molecule has 0 saturated carbocycles. The maximum absolute atomic E-state index is 13.6. The van der Waals surface area contributed by atoms with Crippen LogP contribution in [0.4, 0.5) is 13.2 Å². The van der Waals surface area contributed by atoms with Crippen molar-refractivity contribution in [3.05, 3.63) is 81.1 Å². The van der Waals surface area contributed by atoms with Gasteiger partial charge in [0.2, 0.25) is 11.3 Å². The fourth-order valence-corrected chi connectivity index (χ4v) is 4.56. The standard InChI is InChI=1S/C24H22F3N3O3/c1-3-30-13-17(21(32)16-8-6-10-19(20(16)30)24(25,26)27)22(33)29-23(28-14(2)31)12-11-15-7-4-5-9-18(15)23/h4-10,13H,3,11-12H2,1-2H3,(H,28,31)(H,29,33). The van der Waals surface area contributed by atoms with Crippen LogP contribution in [0.15, 0.2) is 53.5 Å². The van der Waals surface area contributed by atoms with Gasteiger partial charge in [0, 0.05) is 30.6 Å². The molecule has 0 spiro atoms. The maximum atomic E-state index is 13.6. The number of rotatable bonds is 4. The lowest BCUT2D eigenvalue weighted by Gasteiger charge is -2.32. The average molecular weight is 457 g/mol. The van der Waals surface area contributed by atoms with Crippen LogP contribution < -0.4 is 16.1 Å². The molecule has 1 unspecified atom stereocenters. The van der Waals surface area contributed by atoms with E-state index in [0.29, 0.717) is 18.4 Å². The van der Waals surface area contributed by atoms with E-state index in [1.54, 1.807) is 19.1 Å². The van der Waals surface area contributed by atoms with Gasteiger partial charge in [-0.1, -0.05) is 30.3 Å². The van der Waals surface area contributed by atoms with E-state index in [9.17, 15) is 27.6 Å². The fraction of sp³-hybridized carbons (Fsp3) is 0.292. The van der Waals surface area contributed by atoms with E-state index >= 15 is 0 Å². The quantitative estimate of drug-likeness (QED) is 0.587. The van der Waals surface area contributed by atoms with Crippen molar-refractivity contribution in [3.63, 3.8) is 0 Å². The number of nitrogens with one attached hydrogen (secondary N) is 2. The molecule has 172 valence electrons. The van der Waals surface area contributed by atoms with E-state index in [1.165, 1.54) is 17.6 Å². The summed E-state index contributed by atoms with van der Waals surface area (Å²) < 4.78 is 42.0. The predicted molar refractivity (Wildman–Crippen MR) is 117 cm³/mol. The molecule has 9 heteroatoms. The highest BCUT2D eigenvalue weighted by Gasteiger charge is 2.41. The third-order valence-electron chi connectivity index (χ3n) is 5.95. The molecule has 0 bridgehead atoms. The van der Waals surface area contributed by atoms with Crippen molar-refractivity contribution in [3.8, 4) is 0 Å². The van der Waals surface area contributed by atoms with Gasteiger partial charge < -0.3 is 15.2 Å². The SMILES string of the molecule is CCn1cc(C(=O)NC2(NC(C)=O)CCc3ccccc32)c(=O)c2cccc(C(F)(F)F)c21. The summed E-state index contributed by atoms with van der Waals surface area (Å²) in [6.07, 6.45) is -2.53. The molecule has 2 amide bonds. The number of benzene rings is 2. The van der Waals surface area contributed by atoms with E-state index in [-0.39, 0.29) is 28.9 Å². The molecular weight excluding hydrogens is 435 g/mol. The summed E-state index contributed by atoms with van der Waals surface area (Å²) in [5.74, 6) is -1.14. The molecule has 2 aromatic carbocycles. The summed E-state index contributed by atoms with van der Waals surface area (Å²) in [5, 5.41) is 5.39. The summed E-state index contributed by atoms with van der Waals surface area (Å²) in [4.78, 5) is 38.4. The normalized spacial score (nSPS) is 17.6. The van der Waals surface area contributed by atoms with E-state index in [2.05, 4.69) is 10.6 Å². The number of para-hydroxylation sites is 1. The Kier molecular flexibility index (Phi) is 5.51. The highest BCUT2D eigenvalue weighted by Crippen LogP contribution is 2.36. The molecule has 0 radical (unpaired) electrons. The van der Waals surface area contributed by atoms with Crippen molar-refractivity contribution in [1.29, 1.82) is 0 Å². The molecule has 4 rings (SSSR count). The molecule has 6 nitrogen and oxygen atoms in total. The Bertz CT molecular complexity index is 1330. The molecule has 1 aliphatic carbocycles. The van der Waals surface area contributed by atoms with E-state index in [1.807, 2.05) is 12.1 Å². The second-order valence-corrected chi connectivity index (χ2v) is 8.06. The van der Waals surface area contributed by atoms with E-state index < -0.39 is 28.7 Å². The van der Waals surface area contributed by atoms with Crippen LogP contribution in [0, 0.1) is 0 Å². The zero-order chi connectivity index (χ0) is 24.0. The summed E-state index contributed by atoms with van der Waals surface area (Å²) in [6, 6.07) is 10.7. The fourth-order valence-electron chi connectivity index (χ4n) is 4.56. The summed E-state index contributed by atoms with van der Waals surface area (Å²) in [7, 11) is 0. The zero-order valence-corrected chi connectivity index (χ0v) is 18.0. The first-order valence-corrected chi connectivity index (χ1v) is 10.5. The van der Waals surface area contributed by atoms with Crippen LogP contribution >= 0.6 is 0 Å². The van der Waals surface area contributed by atoms with Crippen LogP contribution in [-0.2, 0) is 29.6 Å². The second kappa shape index (κ2) is 8.06. The number of aromatic nitrogens is 1. The molecule has 0 saturated heterocycles. The van der Waals surface area contributed by atoms with Gasteiger partial charge >= 0.3 is 6.18 Å². The van der Waals surface area contributed by atoms with Gasteiger partial charge in [0.1, 0.15) is 11.2 Å². The van der Waals surface area contributed by atoms with Gasteiger partial charge in [0.05, 0.1) is 11.1 Å². The lowest BCUT2D eigenvalue weighted by Crippen LogP contribution is -2.56. The van der Waals surface area contributed by atoms with Gasteiger partial charge in [-0.25, -0.2) is 0 Å². The van der Waals surface area contributed by atoms with Gasteiger partial charge in [-0.05, 0) is 37.5 Å². The predicted octanol–water partition coefficient (Wildman–Crippen LogP) is 3.71.